The first-order valence-corrected chi connectivity index (χ1v) is 8.15. The third kappa shape index (κ3) is 3.92. The van der Waals surface area contributed by atoms with Crippen LogP contribution in [0.25, 0.3) is 0 Å². The number of carboxylic acids is 1. The number of aryl methyl sites for hydroxylation is 1. The maximum absolute atomic E-state index is 10.9. The summed E-state index contributed by atoms with van der Waals surface area (Å²) in [6, 6.07) is 4.85. The van der Waals surface area contributed by atoms with Gasteiger partial charge in [0.2, 0.25) is 0 Å². The molecule has 1 aromatic heterocycles. The van der Waals surface area contributed by atoms with Gasteiger partial charge in [-0.25, -0.2) is 9.78 Å². The molecule has 0 spiro atoms. The summed E-state index contributed by atoms with van der Waals surface area (Å²) in [5, 5.41) is 12.1. The number of thiazole rings is 1. The Labute approximate surface area is 135 Å². The molecule has 106 valence electrons. The lowest BCUT2D eigenvalue weighted by atomic mass is 10.2. The van der Waals surface area contributed by atoms with Crippen molar-refractivity contribution in [2.45, 2.75) is 26.4 Å². The Kier molecular flexibility index (Phi) is 5.36. The number of rotatable bonds is 6. The number of carboxylic acid groups (broad SMARTS) is 1. The summed E-state index contributed by atoms with van der Waals surface area (Å²) < 4.78 is 6.56. The van der Waals surface area contributed by atoms with Crippen LogP contribution in [-0.2, 0) is 13.0 Å². The summed E-state index contributed by atoms with van der Waals surface area (Å²) in [5.74, 6) is -0.374. The second-order valence-corrected chi connectivity index (χ2v) is 6.33. The molecule has 2 rings (SSSR count). The maximum Gasteiger partial charge on any atom is 0.335 e. The smallest absolute Gasteiger partial charge is 0.335 e. The number of benzene rings is 1. The number of halogens is 1. The van der Waals surface area contributed by atoms with E-state index in [1.165, 1.54) is 0 Å². The van der Waals surface area contributed by atoms with Crippen molar-refractivity contribution in [3.8, 4) is 5.75 Å². The van der Waals surface area contributed by atoms with E-state index in [1.54, 1.807) is 29.5 Å². The van der Waals surface area contributed by atoms with Crippen LogP contribution in [0.4, 0.5) is 0 Å². The van der Waals surface area contributed by atoms with E-state index < -0.39 is 5.97 Å². The van der Waals surface area contributed by atoms with Crippen molar-refractivity contribution in [3.05, 3.63) is 43.4 Å². The Morgan fingerprint density at radius 3 is 3.00 bits per heavy atom. The van der Waals surface area contributed by atoms with E-state index in [4.69, 9.17) is 9.84 Å². The monoisotopic (exact) mass is 403 g/mol. The first-order valence-electron chi connectivity index (χ1n) is 6.19. The quantitative estimate of drug-likeness (QED) is 0.742. The number of ether oxygens (including phenoxy) is 1. The molecule has 0 aliphatic heterocycles. The minimum Gasteiger partial charge on any atom is -0.486 e. The van der Waals surface area contributed by atoms with Gasteiger partial charge in [-0.2, -0.15) is 0 Å². The van der Waals surface area contributed by atoms with Gasteiger partial charge in [0.25, 0.3) is 0 Å². The van der Waals surface area contributed by atoms with Crippen molar-refractivity contribution in [1.82, 2.24) is 4.98 Å². The van der Waals surface area contributed by atoms with Crippen LogP contribution in [0.15, 0.2) is 23.6 Å². The van der Waals surface area contributed by atoms with Crippen LogP contribution in [0.5, 0.6) is 5.75 Å². The van der Waals surface area contributed by atoms with Gasteiger partial charge in [0, 0.05) is 5.38 Å². The second kappa shape index (κ2) is 7.03. The lowest BCUT2D eigenvalue weighted by molar-refractivity contribution is 0.0696. The Hall–Kier alpha value is -1.15. The average Bonchev–Trinajstić information content (AvgIpc) is 2.86. The number of aromatic nitrogens is 1. The summed E-state index contributed by atoms with van der Waals surface area (Å²) in [4.78, 5) is 15.4. The molecule has 1 heterocycles. The van der Waals surface area contributed by atoms with E-state index in [-0.39, 0.29) is 5.56 Å². The topological polar surface area (TPSA) is 59.4 Å². The first kappa shape index (κ1) is 15.2. The molecular formula is C14H14INO3S. The van der Waals surface area contributed by atoms with E-state index in [0.717, 1.165) is 27.1 Å². The minimum absolute atomic E-state index is 0.227. The molecule has 0 bridgehead atoms. The molecule has 0 saturated heterocycles. The maximum atomic E-state index is 10.9. The van der Waals surface area contributed by atoms with Crippen molar-refractivity contribution in [2.24, 2.45) is 0 Å². The lowest BCUT2D eigenvalue weighted by Gasteiger charge is -2.07. The number of carbonyl (C=O) groups is 1. The van der Waals surface area contributed by atoms with E-state index in [1.807, 2.05) is 5.38 Å². The summed E-state index contributed by atoms with van der Waals surface area (Å²) in [5.41, 5.74) is 1.11. The van der Waals surface area contributed by atoms with Crippen LogP contribution in [0.3, 0.4) is 0 Å². The van der Waals surface area contributed by atoms with E-state index >= 15 is 0 Å². The van der Waals surface area contributed by atoms with Gasteiger partial charge in [0.1, 0.15) is 12.4 Å². The van der Waals surface area contributed by atoms with Crippen LogP contribution >= 0.6 is 33.9 Å². The zero-order valence-corrected chi connectivity index (χ0v) is 13.9. The van der Waals surface area contributed by atoms with E-state index in [2.05, 4.69) is 34.5 Å². The van der Waals surface area contributed by atoms with Crippen molar-refractivity contribution >= 4 is 39.9 Å². The highest BCUT2D eigenvalue weighted by Crippen LogP contribution is 2.24. The highest BCUT2D eigenvalue weighted by molar-refractivity contribution is 14.1. The normalized spacial score (nSPS) is 10.5. The molecule has 0 radical (unpaired) electrons. The highest BCUT2D eigenvalue weighted by atomic mass is 127. The van der Waals surface area contributed by atoms with Gasteiger partial charge >= 0.3 is 5.97 Å². The Balaban J connectivity index is 2.05. The zero-order valence-electron chi connectivity index (χ0n) is 10.9. The number of hydrogen-bond acceptors (Lipinski definition) is 4. The predicted octanol–water partition coefficient (Wildman–Crippen LogP) is 3.98. The standard InChI is InChI=1S/C14H14INO3S/c1-2-3-13-16-10(8-20-13)7-19-12-6-9(14(17)18)4-5-11(12)15/h4-6,8H,2-3,7H2,1H3,(H,17,18). The third-order valence-corrected chi connectivity index (χ3v) is 4.47. The van der Waals surface area contributed by atoms with Gasteiger partial charge in [-0.3, -0.25) is 0 Å². The van der Waals surface area contributed by atoms with Crippen LogP contribution in [0, 0.1) is 3.57 Å². The molecule has 1 N–H and O–H groups in total. The van der Waals surface area contributed by atoms with Gasteiger partial charge < -0.3 is 9.84 Å². The second-order valence-electron chi connectivity index (χ2n) is 4.22. The van der Waals surface area contributed by atoms with E-state index in [9.17, 15) is 4.79 Å². The number of hydrogen-bond donors (Lipinski definition) is 1. The first-order chi connectivity index (χ1) is 9.60. The van der Waals surface area contributed by atoms with Gasteiger partial charge in [-0.15, -0.1) is 11.3 Å². The van der Waals surface area contributed by atoms with Crippen molar-refractivity contribution in [3.63, 3.8) is 0 Å². The molecule has 0 unspecified atom stereocenters. The van der Waals surface area contributed by atoms with Gasteiger partial charge in [-0.05, 0) is 53.6 Å². The molecule has 4 nitrogen and oxygen atoms in total. The SMILES string of the molecule is CCCc1nc(COc2cc(C(=O)O)ccc2I)cs1. The minimum atomic E-state index is -0.954. The summed E-state index contributed by atoms with van der Waals surface area (Å²) in [6.07, 6.45) is 2.06. The molecule has 0 aliphatic carbocycles. The molecule has 2 aromatic rings. The van der Waals surface area contributed by atoms with Gasteiger partial charge in [0.05, 0.1) is 19.8 Å². The third-order valence-electron chi connectivity index (χ3n) is 2.62. The summed E-state index contributed by atoms with van der Waals surface area (Å²) in [6.45, 7) is 2.48. The van der Waals surface area contributed by atoms with Crippen LogP contribution in [0.2, 0.25) is 0 Å². The Morgan fingerprint density at radius 1 is 1.50 bits per heavy atom. The fourth-order valence-corrected chi connectivity index (χ4v) is 3.02. The molecule has 0 fully saturated rings. The lowest BCUT2D eigenvalue weighted by Crippen LogP contribution is -2.01. The van der Waals surface area contributed by atoms with Gasteiger partial charge in [-0.1, -0.05) is 6.92 Å². The fraction of sp³-hybridized carbons (Fsp3) is 0.286. The van der Waals surface area contributed by atoms with Crippen molar-refractivity contribution in [1.29, 1.82) is 0 Å². The van der Waals surface area contributed by atoms with Crippen molar-refractivity contribution < 1.29 is 14.6 Å². The summed E-state index contributed by atoms with van der Waals surface area (Å²) >= 11 is 3.76. The average molecular weight is 403 g/mol. The van der Waals surface area contributed by atoms with Crippen molar-refractivity contribution in [2.75, 3.05) is 0 Å². The van der Waals surface area contributed by atoms with Gasteiger partial charge in [0.15, 0.2) is 0 Å². The molecule has 0 saturated carbocycles. The zero-order chi connectivity index (χ0) is 14.5. The number of nitrogens with zero attached hydrogens (tertiary/aromatic N) is 1. The molecule has 0 amide bonds. The molecular weight excluding hydrogens is 389 g/mol. The predicted molar refractivity (Wildman–Crippen MR) is 86.6 cm³/mol. The number of aromatic carboxylic acids is 1. The molecule has 20 heavy (non-hydrogen) atoms. The molecule has 6 heteroatoms. The molecule has 1 aromatic carbocycles. The Morgan fingerprint density at radius 2 is 2.30 bits per heavy atom. The fourth-order valence-electron chi connectivity index (χ4n) is 1.64. The molecule has 0 atom stereocenters. The van der Waals surface area contributed by atoms with Crippen LogP contribution in [0.1, 0.15) is 34.4 Å². The van der Waals surface area contributed by atoms with Crippen LogP contribution < -0.4 is 4.74 Å². The molecule has 0 aliphatic rings. The van der Waals surface area contributed by atoms with E-state index in [0.29, 0.717) is 12.4 Å². The largest absolute Gasteiger partial charge is 0.486 e. The Bertz CT molecular complexity index is 612. The highest BCUT2D eigenvalue weighted by Gasteiger charge is 2.09. The van der Waals surface area contributed by atoms with Crippen LogP contribution in [-0.4, -0.2) is 16.1 Å². The summed E-state index contributed by atoms with van der Waals surface area (Å²) in [7, 11) is 0.